The van der Waals surface area contributed by atoms with Crippen LogP contribution in [0.3, 0.4) is 0 Å². The van der Waals surface area contributed by atoms with Crippen LogP contribution in [0.5, 0.6) is 0 Å². The molecular formula is C34H27Br3N2O5. The summed E-state index contributed by atoms with van der Waals surface area (Å²) in [5, 5.41) is 0.578. The first-order chi connectivity index (χ1) is 21.0. The summed E-state index contributed by atoms with van der Waals surface area (Å²) in [6, 6.07) is 19.5. The molecule has 10 heteroatoms. The van der Waals surface area contributed by atoms with E-state index in [4.69, 9.17) is 9.72 Å². The Morgan fingerprint density at radius 2 is 1.52 bits per heavy atom. The number of halogens is 3. The monoisotopic (exact) mass is 780 g/mol. The molecule has 6 rings (SSSR count). The van der Waals surface area contributed by atoms with E-state index >= 15 is 0 Å². The summed E-state index contributed by atoms with van der Waals surface area (Å²) in [6.07, 6.45) is 1.21. The Morgan fingerprint density at radius 3 is 2.16 bits per heavy atom. The number of aryl methyl sites for hydroxylation is 2. The van der Waals surface area contributed by atoms with Gasteiger partial charge >= 0.3 is 5.97 Å². The Hall–Kier alpha value is -3.21. The average Bonchev–Trinajstić information content (AvgIpc) is 3.24. The standard InChI is InChI=1S/C34H27Br3N2O5/c1-17-3-4-20(11-18(17)2)31(40)16-44-34(43)26-15-30(38-29-10-7-21(35)12-23(26)29)19-5-8-22(9-6-19)39-32(41)24-13-27(36)28(37)14-25(24)33(39)42/h3-12,15,24-25,27-28H,13-14,16H2,1-2H3. The number of benzene rings is 3. The molecule has 2 heterocycles. The molecule has 3 aromatic carbocycles. The highest BCUT2D eigenvalue weighted by Crippen LogP contribution is 2.44. The molecule has 2 aliphatic rings. The first-order valence-corrected chi connectivity index (χ1v) is 16.8. The molecule has 2 fully saturated rings. The van der Waals surface area contributed by atoms with Gasteiger partial charge in [-0.15, -0.1) is 0 Å². The number of pyridine rings is 1. The molecule has 1 aromatic heterocycles. The van der Waals surface area contributed by atoms with Crippen LogP contribution >= 0.6 is 47.8 Å². The van der Waals surface area contributed by atoms with Crippen LogP contribution in [-0.4, -0.2) is 44.8 Å². The predicted molar refractivity (Wildman–Crippen MR) is 180 cm³/mol. The van der Waals surface area contributed by atoms with Gasteiger partial charge in [-0.1, -0.05) is 72.1 Å². The molecule has 4 atom stereocenters. The van der Waals surface area contributed by atoms with Crippen LogP contribution in [0.2, 0.25) is 0 Å². The van der Waals surface area contributed by atoms with Crippen molar-refractivity contribution in [2.24, 2.45) is 11.8 Å². The molecule has 4 unspecified atom stereocenters. The van der Waals surface area contributed by atoms with Crippen molar-refractivity contribution in [2.75, 3.05) is 11.5 Å². The number of Topliss-reactive ketones (excluding diaryl/α,β-unsaturated/α-hetero) is 1. The second-order valence-corrected chi connectivity index (χ2v) is 14.6. The fourth-order valence-electron chi connectivity index (χ4n) is 5.85. The van der Waals surface area contributed by atoms with Crippen LogP contribution in [0.25, 0.3) is 22.2 Å². The zero-order chi connectivity index (χ0) is 31.3. The molecule has 1 saturated heterocycles. The number of nitrogens with zero attached hydrogens (tertiary/aromatic N) is 2. The van der Waals surface area contributed by atoms with Gasteiger partial charge < -0.3 is 4.74 Å². The minimum absolute atomic E-state index is 0.133. The van der Waals surface area contributed by atoms with Crippen molar-refractivity contribution in [3.63, 3.8) is 0 Å². The minimum atomic E-state index is -0.642. The molecule has 1 aliphatic carbocycles. The number of aromatic nitrogens is 1. The maximum Gasteiger partial charge on any atom is 0.339 e. The highest BCUT2D eigenvalue weighted by molar-refractivity contribution is 9.12. The van der Waals surface area contributed by atoms with E-state index in [9.17, 15) is 19.2 Å². The fourth-order valence-corrected chi connectivity index (χ4v) is 7.45. The number of fused-ring (bicyclic) bond motifs is 2. The van der Waals surface area contributed by atoms with Gasteiger partial charge in [0.15, 0.2) is 12.4 Å². The maximum absolute atomic E-state index is 13.4. The molecule has 44 heavy (non-hydrogen) atoms. The lowest BCUT2D eigenvalue weighted by Gasteiger charge is -2.29. The van der Waals surface area contributed by atoms with Crippen molar-refractivity contribution in [3.8, 4) is 11.3 Å². The van der Waals surface area contributed by atoms with Gasteiger partial charge in [0.1, 0.15) is 0 Å². The van der Waals surface area contributed by atoms with E-state index in [1.807, 2.05) is 26.0 Å². The number of amides is 2. The maximum atomic E-state index is 13.4. The largest absolute Gasteiger partial charge is 0.454 e. The van der Waals surface area contributed by atoms with Crippen molar-refractivity contribution in [1.29, 1.82) is 0 Å². The Labute approximate surface area is 279 Å². The lowest BCUT2D eigenvalue weighted by Crippen LogP contribution is -2.34. The van der Waals surface area contributed by atoms with Gasteiger partial charge in [0.2, 0.25) is 11.8 Å². The van der Waals surface area contributed by atoms with Gasteiger partial charge in [0.05, 0.1) is 34.3 Å². The molecule has 4 aromatic rings. The van der Waals surface area contributed by atoms with E-state index in [-0.39, 0.29) is 44.7 Å². The van der Waals surface area contributed by atoms with Crippen molar-refractivity contribution in [2.45, 2.75) is 36.3 Å². The van der Waals surface area contributed by atoms with Gasteiger partial charge in [-0.05, 0) is 80.3 Å². The van der Waals surface area contributed by atoms with E-state index in [0.717, 1.165) is 15.6 Å². The van der Waals surface area contributed by atoms with Gasteiger partial charge in [-0.25, -0.2) is 9.78 Å². The first-order valence-electron chi connectivity index (χ1n) is 14.2. The molecular weight excluding hydrogens is 756 g/mol. The Bertz CT molecular complexity index is 1810. The Morgan fingerprint density at radius 1 is 0.864 bits per heavy atom. The number of rotatable bonds is 6. The number of alkyl halides is 2. The summed E-state index contributed by atoms with van der Waals surface area (Å²) in [6.45, 7) is 3.50. The first kappa shape index (κ1) is 30.8. The van der Waals surface area contributed by atoms with Crippen molar-refractivity contribution in [3.05, 3.63) is 93.5 Å². The van der Waals surface area contributed by atoms with E-state index < -0.39 is 12.6 Å². The molecule has 2 amide bonds. The zero-order valence-electron chi connectivity index (χ0n) is 23.9. The van der Waals surface area contributed by atoms with Gasteiger partial charge in [-0.3, -0.25) is 19.3 Å². The third-order valence-corrected chi connectivity index (χ3v) is 11.7. The van der Waals surface area contributed by atoms with Crippen LogP contribution in [0.15, 0.2) is 71.2 Å². The molecule has 224 valence electrons. The Kier molecular flexibility index (Phi) is 8.60. The van der Waals surface area contributed by atoms with Crippen LogP contribution < -0.4 is 4.90 Å². The van der Waals surface area contributed by atoms with Gasteiger partial charge in [0, 0.05) is 30.6 Å². The summed E-state index contributed by atoms with van der Waals surface area (Å²) in [4.78, 5) is 59.0. The summed E-state index contributed by atoms with van der Waals surface area (Å²) in [5.41, 5.74) is 5.09. The number of anilines is 1. The van der Waals surface area contributed by atoms with E-state index in [2.05, 4.69) is 47.8 Å². The second-order valence-electron chi connectivity index (χ2n) is 11.3. The third-order valence-electron chi connectivity index (χ3n) is 8.49. The number of hydrogen-bond donors (Lipinski definition) is 0. The number of esters is 1. The third kappa shape index (κ3) is 5.79. The van der Waals surface area contributed by atoms with E-state index in [0.29, 0.717) is 46.3 Å². The number of hydrogen-bond acceptors (Lipinski definition) is 6. The molecule has 0 N–H and O–H groups in total. The summed E-state index contributed by atoms with van der Waals surface area (Å²) >= 11 is 10.7. The van der Waals surface area contributed by atoms with Crippen LogP contribution in [0, 0.1) is 25.7 Å². The lowest BCUT2D eigenvalue weighted by atomic mass is 9.81. The number of imide groups is 1. The smallest absolute Gasteiger partial charge is 0.339 e. The van der Waals surface area contributed by atoms with Gasteiger partial charge in [0.25, 0.3) is 0 Å². The van der Waals surface area contributed by atoms with Crippen LogP contribution in [0.1, 0.15) is 44.7 Å². The predicted octanol–water partition coefficient (Wildman–Crippen LogP) is 7.75. The number of carbonyl (C=O) groups excluding carboxylic acids is 4. The lowest BCUT2D eigenvalue weighted by molar-refractivity contribution is -0.122. The number of ketones is 1. The highest BCUT2D eigenvalue weighted by Gasteiger charge is 2.52. The minimum Gasteiger partial charge on any atom is -0.454 e. The molecule has 7 nitrogen and oxygen atoms in total. The zero-order valence-corrected chi connectivity index (χ0v) is 28.6. The quantitative estimate of drug-likeness (QED) is 0.0860. The van der Waals surface area contributed by atoms with Crippen LogP contribution in [0.4, 0.5) is 5.69 Å². The van der Waals surface area contributed by atoms with Crippen molar-refractivity contribution >= 4 is 87.9 Å². The fraction of sp³-hybridized carbons (Fsp3) is 0.265. The molecule has 0 bridgehead atoms. The Balaban J connectivity index is 1.27. The van der Waals surface area contributed by atoms with E-state index in [1.54, 1.807) is 54.6 Å². The van der Waals surface area contributed by atoms with E-state index in [1.165, 1.54) is 4.90 Å². The van der Waals surface area contributed by atoms with Crippen molar-refractivity contribution < 1.29 is 23.9 Å². The summed E-state index contributed by atoms with van der Waals surface area (Å²) in [7, 11) is 0. The normalized spacial score (nSPS) is 21.4. The average molecular weight is 783 g/mol. The summed E-state index contributed by atoms with van der Waals surface area (Å²) < 4.78 is 6.27. The number of carbonyl (C=O) groups is 4. The second kappa shape index (κ2) is 12.3. The highest BCUT2D eigenvalue weighted by atomic mass is 79.9. The number of ether oxygens (including phenoxy) is 1. The molecule has 0 spiro atoms. The topological polar surface area (TPSA) is 93.6 Å². The molecule has 1 saturated carbocycles. The SMILES string of the molecule is Cc1ccc(C(=O)COC(=O)c2cc(-c3ccc(N4C(=O)C5CC(Br)C(Br)CC5C4=O)cc3)nc3ccc(Br)cc23)cc1C. The molecule has 1 aliphatic heterocycles. The van der Waals surface area contributed by atoms with Crippen LogP contribution in [-0.2, 0) is 14.3 Å². The van der Waals surface area contributed by atoms with Crippen molar-refractivity contribution in [1.82, 2.24) is 4.98 Å². The van der Waals surface area contributed by atoms with Gasteiger partial charge in [-0.2, -0.15) is 0 Å². The molecule has 0 radical (unpaired) electrons. The summed E-state index contributed by atoms with van der Waals surface area (Å²) in [5.74, 6) is -1.95.